The number of sulfonamides is 1. The van der Waals surface area contributed by atoms with Gasteiger partial charge in [0.15, 0.2) is 0 Å². The van der Waals surface area contributed by atoms with Gasteiger partial charge in [-0.05, 0) is 99.6 Å². The molecule has 0 aromatic heterocycles. The van der Waals surface area contributed by atoms with Crippen molar-refractivity contribution in [2.75, 3.05) is 42.5 Å². The maximum Gasteiger partial charge on any atom is 0.303 e. The first-order valence-electron chi connectivity index (χ1n) is 17.4. The molecule has 0 saturated heterocycles. The van der Waals surface area contributed by atoms with Gasteiger partial charge < -0.3 is 19.6 Å². The lowest BCUT2D eigenvalue weighted by Crippen LogP contribution is -2.49. The lowest BCUT2D eigenvalue weighted by Gasteiger charge is -2.48. The van der Waals surface area contributed by atoms with Crippen LogP contribution in [-0.4, -0.2) is 56.5 Å². The summed E-state index contributed by atoms with van der Waals surface area (Å²) in [5, 5.41) is 9.66. The van der Waals surface area contributed by atoms with E-state index in [1.165, 1.54) is 33.6 Å². The van der Waals surface area contributed by atoms with Crippen molar-refractivity contribution in [3.05, 3.63) is 74.3 Å². The summed E-state index contributed by atoms with van der Waals surface area (Å²) in [4.78, 5) is 16.6. The molecule has 0 amide bonds. The van der Waals surface area contributed by atoms with Crippen LogP contribution in [0.2, 0.25) is 5.02 Å². The Morgan fingerprint density at radius 3 is 1.94 bits per heavy atom. The van der Waals surface area contributed by atoms with Crippen LogP contribution in [0.3, 0.4) is 0 Å². The summed E-state index contributed by atoms with van der Waals surface area (Å²) in [5.74, 6) is 0.840. The zero-order chi connectivity index (χ0) is 32.1. The van der Waals surface area contributed by atoms with E-state index in [9.17, 15) is 18.3 Å². The molecule has 8 nitrogen and oxygen atoms in total. The Bertz CT molecular complexity index is 1870. The smallest absolute Gasteiger partial charge is 0.303 e. The number of rotatable bonds is 6. The van der Waals surface area contributed by atoms with Crippen LogP contribution in [0, 0.1) is 0 Å². The van der Waals surface area contributed by atoms with Crippen molar-refractivity contribution in [3.8, 4) is 11.5 Å². The van der Waals surface area contributed by atoms with Gasteiger partial charge in [0, 0.05) is 83.4 Å². The van der Waals surface area contributed by atoms with Crippen molar-refractivity contribution in [2.24, 2.45) is 0 Å². The number of unbranched alkanes of at least 4 members (excludes halogenated alkanes) is 2. The predicted octanol–water partition coefficient (Wildman–Crippen LogP) is 6.78. The minimum Gasteiger partial charge on any atom is -0.481 e. The molecule has 10 heteroatoms. The molecule has 3 aromatic rings. The molecule has 0 atom stereocenters. The molecule has 0 fully saturated rings. The summed E-state index contributed by atoms with van der Waals surface area (Å²) in [6.07, 6.45) is 9.67. The second-order valence-electron chi connectivity index (χ2n) is 14.1. The number of nitrogens with zero attached hydrogens (tertiary/aromatic N) is 3. The largest absolute Gasteiger partial charge is 0.481 e. The Labute approximate surface area is 281 Å². The standard InChI is InChI=1S/C37H40ClN3O5S/c38-25-13-14-28-31(22-25)47(44,45)41(19-3-1-2-12-32(42)43)37(28)29-20-23-8-4-15-39-17-6-10-26(33(23)39)35(29)46-36-27-11-7-18-40-16-5-9-24(34(27)40)21-30(36)37/h13-14,20-22H,1-12,15-19H2,(H,42,43). The Hall–Kier alpha value is -3.27. The number of hydrogen-bond donors (Lipinski definition) is 1. The summed E-state index contributed by atoms with van der Waals surface area (Å²) in [5.41, 5.74) is 9.05. The van der Waals surface area contributed by atoms with Gasteiger partial charge in [-0.1, -0.05) is 24.1 Å². The van der Waals surface area contributed by atoms with Crippen molar-refractivity contribution < 1.29 is 23.1 Å². The average molecular weight is 674 g/mol. The van der Waals surface area contributed by atoms with Crippen molar-refractivity contribution in [1.29, 1.82) is 0 Å². The third-order valence-corrected chi connectivity index (χ3v) is 13.6. The Morgan fingerprint density at radius 2 is 1.36 bits per heavy atom. The third kappa shape index (κ3) is 4.21. The fourth-order valence-corrected chi connectivity index (χ4v) is 11.9. The molecule has 1 N–H and O–H groups in total. The minimum atomic E-state index is -3.98. The molecule has 47 heavy (non-hydrogen) atoms. The minimum absolute atomic E-state index is 0.0746. The van der Waals surface area contributed by atoms with Gasteiger partial charge in [0.2, 0.25) is 10.0 Å². The van der Waals surface area contributed by atoms with Crippen LogP contribution in [0.15, 0.2) is 35.2 Å². The number of carboxylic acid groups (broad SMARTS) is 1. The van der Waals surface area contributed by atoms with E-state index in [0.717, 1.165) is 106 Å². The molecule has 6 aliphatic rings. The Kier molecular flexibility index (Phi) is 6.90. The highest BCUT2D eigenvalue weighted by Gasteiger charge is 2.61. The van der Waals surface area contributed by atoms with E-state index in [4.69, 9.17) is 16.3 Å². The average Bonchev–Trinajstić information content (AvgIpc) is 3.25. The van der Waals surface area contributed by atoms with Crippen molar-refractivity contribution >= 4 is 39.0 Å². The van der Waals surface area contributed by atoms with Gasteiger partial charge in [-0.15, -0.1) is 0 Å². The van der Waals surface area contributed by atoms with Gasteiger partial charge in [-0.25, -0.2) is 8.42 Å². The van der Waals surface area contributed by atoms with Gasteiger partial charge in [0.25, 0.3) is 0 Å². The normalized spacial score (nSPS) is 21.0. The van der Waals surface area contributed by atoms with Crippen LogP contribution in [0.25, 0.3) is 0 Å². The van der Waals surface area contributed by atoms with E-state index < -0.39 is 21.5 Å². The summed E-state index contributed by atoms with van der Waals surface area (Å²) >= 11 is 6.56. The number of benzene rings is 3. The molecule has 0 saturated carbocycles. The highest BCUT2D eigenvalue weighted by Crippen LogP contribution is 2.64. The molecule has 0 aliphatic carbocycles. The lowest BCUT2D eigenvalue weighted by atomic mass is 9.70. The predicted molar refractivity (Wildman–Crippen MR) is 182 cm³/mol. The lowest BCUT2D eigenvalue weighted by molar-refractivity contribution is -0.137. The van der Waals surface area contributed by atoms with E-state index in [-0.39, 0.29) is 17.9 Å². The molecule has 6 heterocycles. The monoisotopic (exact) mass is 673 g/mol. The Balaban J connectivity index is 1.36. The number of halogens is 1. The van der Waals surface area contributed by atoms with E-state index in [1.807, 2.05) is 12.1 Å². The maximum absolute atomic E-state index is 14.9. The fourth-order valence-electron chi connectivity index (χ4n) is 9.68. The van der Waals surface area contributed by atoms with E-state index in [1.54, 1.807) is 10.4 Å². The first-order chi connectivity index (χ1) is 22.8. The molecule has 0 radical (unpaired) electrons. The maximum atomic E-state index is 14.9. The highest BCUT2D eigenvalue weighted by atomic mass is 35.5. The van der Waals surface area contributed by atoms with Crippen LogP contribution >= 0.6 is 11.6 Å². The molecule has 3 aromatic carbocycles. The number of aliphatic carboxylic acids is 1. The first kappa shape index (κ1) is 29.8. The topological polar surface area (TPSA) is 90.4 Å². The summed E-state index contributed by atoms with van der Waals surface area (Å²) in [6.45, 7) is 4.40. The fraction of sp³-hybridized carbons (Fsp3) is 0.486. The molecule has 9 rings (SSSR count). The molecular formula is C37H40ClN3O5S. The molecule has 246 valence electrons. The second-order valence-corrected chi connectivity index (χ2v) is 16.4. The van der Waals surface area contributed by atoms with Crippen LogP contribution < -0.4 is 14.5 Å². The molecule has 1 spiro atoms. The zero-order valence-electron chi connectivity index (χ0n) is 26.6. The number of ether oxygens (including phenoxy) is 1. The van der Waals surface area contributed by atoms with Crippen LogP contribution in [0.4, 0.5) is 11.4 Å². The van der Waals surface area contributed by atoms with Crippen molar-refractivity contribution in [3.63, 3.8) is 0 Å². The van der Waals surface area contributed by atoms with Gasteiger partial charge in [-0.3, -0.25) is 4.79 Å². The number of hydrogen-bond acceptors (Lipinski definition) is 6. The van der Waals surface area contributed by atoms with Crippen LogP contribution in [-0.2, 0) is 46.0 Å². The Morgan fingerprint density at radius 1 is 0.787 bits per heavy atom. The third-order valence-electron chi connectivity index (χ3n) is 11.5. The van der Waals surface area contributed by atoms with E-state index in [0.29, 0.717) is 24.3 Å². The van der Waals surface area contributed by atoms with Gasteiger partial charge in [-0.2, -0.15) is 4.31 Å². The number of carboxylic acids is 1. The SMILES string of the molecule is O=C(O)CCCCCN1C2(c3ccc(Cl)cc3S1(=O)=O)c1cc3c4c(c1Oc1c2cc2c5c1CCCN5CCC2)CCCN4CCC3. The van der Waals surface area contributed by atoms with Gasteiger partial charge in [0.05, 0.1) is 4.90 Å². The number of anilines is 2. The van der Waals surface area contributed by atoms with Gasteiger partial charge >= 0.3 is 5.97 Å². The summed E-state index contributed by atoms with van der Waals surface area (Å²) < 4.78 is 38.9. The van der Waals surface area contributed by atoms with Gasteiger partial charge in [0.1, 0.15) is 17.0 Å². The van der Waals surface area contributed by atoms with E-state index >= 15 is 0 Å². The number of carbonyl (C=O) groups is 1. The molecular weight excluding hydrogens is 634 g/mol. The van der Waals surface area contributed by atoms with Crippen LogP contribution in [0.1, 0.15) is 90.3 Å². The van der Waals surface area contributed by atoms with Crippen molar-refractivity contribution in [2.45, 2.75) is 87.5 Å². The molecule has 0 bridgehead atoms. The molecule has 6 aliphatic heterocycles. The summed E-state index contributed by atoms with van der Waals surface area (Å²) in [7, 11) is -3.98. The quantitative estimate of drug-likeness (QED) is 0.289. The number of aryl methyl sites for hydroxylation is 2. The summed E-state index contributed by atoms with van der Waals surface area (Å²) in [6, 6.07) is 9.96. The van der Waals surface area contributed by atoms with Crippen molar-refractivity contribution in [1.82, 2.24) is 4.31 Å². The van der Waals surface area contributed by atoms with Crippen LogP contribution in [0.5, 0.6) is 11.5 Å². The van der Waals surface area contributed by atoms with E-state index in [2.05, 4.69) is 21.9 Å². The second kappa shape index (κ2) is 10.9. The number of fused-ring (bicyclic) bond motifs is 8. The molecule has 0 unspecified atom stereocenters. The first-order valence-corrected chi connectivity index (χ1v) is 19.2. The highest BCUT2D eigenvalue weighted by molar-refractivity contribution is 7.89. The zero-order valence-corrected chi connectivity index (χ0v) is 28.2.